The van der Waals surface area contributed by atoms with Gasteiger partial charge < -0.3 is 5.11 Å². The Morgan fingerprint density at radius 3 is 2.80 bits per heavy atom. The second-order valence-corrected chi connectivity index (χ2v) is 7.09. The maximum absolute atomic E-state index is 10.1. The third-order valence-electron chi connectivity index (χ3n) is 4.64. The van der Waals surface area contributed by atoms with Gasteiger partial charge in [-0.2, -0.15) is 0 Å². The molecule has 0 aliphatic heterocycles. The maximum Gasteiger partial charge on any atom is 0.0971 e. The van der Waals surface area contributed by atoms with Crippen molar-refractivity contribution in [2.24, 2.45) is 0 Å². The van der Waals surface area contributed by atoms with E-state index in [2.05, 4.69) is 24.3 Å². The van der Waals surface area contributed by atoms with Crippen LogP contribution in [0.5, 0.6) is 0 Å². The van der Waals surface area contributed by atoms with Gasteiger partial charge in [0.15, 0.2) is 0 Å². The fourth-order valence-electron chi connectivity index (χ4n) is 3.50. The van der Waals surface area contributed by atoms with Crippen molar-refractivity contribution in [2.45, 2.75) is 50.5 Å². The lowest BCUT2D eigenvalue weighted by Gasteiger charge is -2.22. The lowest BCUT2D eigenvalue weighted by atomic mass is 9.84. The average Bonchev–Trinajstić information content (AvgIpc) is 2.92. The first-order valence-corrected chi connectivity index (χ1v) is 8.37. The molecule has 2 nitrogen and oxygen atoms in total. The van der Waals surface area contributed by atoms with Crippen molar-refractivity contribution in [3.05, 3.63) is 51.0 Å². The van der Waals surface area contributed by atoms with Gasteiger partial charge in [-0.1, -0.05) is 24.3 Å². The molecule has 104 valence electrons. The second kappa shape index (κ2) is 4.97. The van der Waals surface area contributed by atoms with Gasteiger partial charge in [0.2, 0.25) is 0 Å². The molecule has 0 spiro atoms. The zero-order valence-corrected chi connectivity index (χ0v) is 12.3. The summed E-state index contributed by atoms with van der Waals surface area (Å²) in [5.74, 6) is 0.549. The fourth-order valence-corrected chi connectivity index (χ4v) is 4.79. The number of thiazole rings is 1. The van der Waals surface area contributed by atoms with E-state index in [-0.39, 0.29) is 6.10 Å². The zero-order valence-electron chi connectivity index (χ0n) is 11.5. The zero-order chi connectivity index (χ0) is 13.5. The minimum Gasteiger partial charge on any atom is -0.387 e. The van der Waals surface area contributed by atoms with E-state index in [1.54, 1.807) is 0 Å². The Hall–Kier alpha value is -1.19. The summed E-state index contributed by atoms with van der Waals surface area (Å²) in [6.07, 6.45) is 6.23. The second-order valence-electron chi connectivity index (χ2n) is 5.98. The normalized spacial score (nSPS) is 25.1. The van der Waals surface area contributed by atoms with Gasteiger partial charge in [0.25, 0.3) is 0 Å². The molecule has 0 saturated heterocycles. The number of fused-ring (bicyclic) bond motifs is 2. The molecule has 0 saturated carbocycles. The van der Waals surface area contributed by atoms with Gasteiger partial charge in [0.05, 0.1) is 16.8 Å². The van der Waals surface area contributed by atoms with E-state index < -0.39 is 0 Å². The minimum absolute atomic E-state index is 0.320. The van der Waals surface area contributed by atoms with Crippen LogP contribution in [0.1, 0.15) is 58.0 Å². The molecule has 2 aliphatic carbocycles. The third kappa shape index (κ3) is 2.09. The lowest BCUT2D eigenvalue weighted by Crippen LogP contribution is -2.13. The first-order valence-electron chi connectivity index (χ1n) is 7.55. The summed E-state index contributed by atoms with van der Waals surface area (Å²) >= 11 is 1.85. The van der Waals surface area contributed by atoms with Crippen LogP contribution < -0.4 is 0 Å². The Labute approximate surface area is 123 Å². The molecule has 1 heterocycles. The monoisotopic (exact) mass is 285 g/mol. The summed E-state index contributed by atoms with van der Waals surface area (Å²) in [6, 6.07) is 8.78. The largest absolute Gasteiger partial charge is 0.387 e. The number of aliphatic hydroxyl groups excluding tert-OH is 1. The first kappa shape index (κ1) is 12.5. The van der Waals surface area contributed by atoms with E-state index in [0.717, 1.165) is 37.8 Å². The number of benzene rings is 1. The van der Waals surface area contributed by atoms with Crippen molar-refractivity contribution in [2.75, 3.05) is 0 Å². The molecule has 3 heteroatoms. The molecule has 0 bridgehead atoms. The maximum atomic E-state index is 10.1. The summed E-state index contributed by atoms with van der Waals surface area (Å²) < 4.78 is 0. The number of hydrogen-bond acceptors (Lipinski definition) is 3. The molecule has 1 N–H and O–H groups in total. The third-order valence-corrected chi connectivity index (χ3v) is 5.93. The van der Waals surface area contributed by atoms with Crippen LogP contribution in [0.25, 0.3) is 0 Å². The van der Waals surface area contributed by atoms with Gasteiger partial charge in [0.1, 0.15) is 0 Å². The SMILES string of the molecule is OC1CCCc2sc(C3CCc4ccccc4C3)nc21. The molecule has 1 aromatic carbocycles. The van der Waals surface area contributed by atoms with Crippen molar-refractivity contribution >= 4 is 11.3 Å². The number of aromatic nitrogens is 1. The van der Waals surface area contributed by atoms with Gasteiger partial charge in [0, 0.05) is 10.8 Å². The summed E-state index contributed by atoms with van der Waals surface area (Å²) in [7, 11) is 0. The van der Waals surface area contributed by atoms with Crippen LogP contribution in [0, 0.1) is 0 Å². The highest BCUT2D eigenvalue weighted by Crippen LogP contribution is 2.39. The molecule has 2 unspecified atom stereocenters. The molecule has 2 atom stereocenters. The molecule has 4 rings (SSSR count). The van der Waals surface area contributed by atoms with Gasteiger partial charge in [-0.3, -0.25) is 0 Å². The number of rotatable bonds is 1. The van der Waals surface area contributed by atoms with Gasteiger partial charge >= 0.3 is 0 Å². The summed E-state index contributed by atoms with van der Waals surface area (Å²) in [5, 5.41) is 11.3. The van der Waals surface area contributed by atoms with Crippen molar-refractivity contribution < 1.29 is 5.11 Å². The molecule has 0 amide bonds. The molecule has 0 fully saturated rings. The van der Waals surface area contributed by atoms with E-state index in [9.17, 15) is 5.11 Å². The van der Waals surface area contributed by atoms with E-state index in [0.29, 0.717) is 5.92 Å². The van der Waals surface area contributed by atoms with Crippen molar-refractivity contribution in [1.82, 2.24) is 4.98 Å². The van der Waals surface area contributed by atoms with Crippen LogP contribution in [-0.2, 0) is 19.3 Å². The van der Waals surface area contributed by atoms with Crippen LogP contribution in [0.15, 0.2) is 24.3 Å². The summed E-state index contributed by atoms with van der Waals surface area (Å²) in [6.45, 7) is 0. The predicted octanol–water partition coefficient (Wildman–Crippen LogP) is 3.79. The fraction of sp³-hybridized carbons (Fsp3) is 0.471. The highest BCUT2D eigenvalue weighted by molar-refractivity contribution is 7.11. The van der Waals surface area contributed by atoms with Gasteiger partial charge in [-0.05, 0) is 49.7 Å². The highest BCUT2D eigenvalue weighted by Gasteiger charge is 2.27. The smallest absolute Gasteiger partial charge is 0.0971 e. The predicted molar refractivity (Wildman–Crippen MR) is 81.2 cm³/mol. The van der Waals surface area contributed by atoms with Gasteiger partial charge in [-0.15, -0.1) is 11.3 Å². The summed E-state index contributed by atoms with van der Waals surface area (Å²) in [4.78, 5) is 6.13. The molecule has 2 aromatic rings. The number of aliphatic hydroxyl groups is 1. The van der Waals surface area contributed by atoms with Crippen LogP contribution in [0.3, 0.4) is 0 Å². The topological polar surface area (TPSA) is 33.1 Å². The Balaban J connectivity index is 1.63. The molecular formula is C17H19NOS. The van der Waals surface area contributed by atoms with E-state index in [1.165, 1.54) is 27.4 Å². The van der Waals surface area contributed by atoms with Crippen molar-refractivity contribution in [3.8, 4) is 0 Å². The first-order chi connectivity index (χ1) is 9.81. The molecule has 2 aliphatic rings. The number of aryl methyl sites for hydroxylation is 2. The number of hydrogen-bond donors (Lipinski definition) is 1. The van der Waals surface area contributed by atoms with Crippen LogP contribution in [0.4, 0.5) is 0 Å². The Morgan fingerprint density at radius 1 is 1.10 bits per heavy atom. The van der Waals surface area contributed by atoms with Crippen molar-refractivity contribution in [1.29, 1.82) is 0 Å². The van der Waals surface area contributed by atoms with Crippen molar-refractivity contribution in [3.63, 3.8) is 0 Å². The quantitative estimate of drug-likeness (QED) is 0.865. The minimum atomic E-state index is -0.320. The molecule has 1 aromatic heterocycles. The standard InChI is InChI=1S/C17H19NOS/c19-14-6-3-7-15-16(14)18-17(20-15)13-9-8-11-4-1-2-5-12(11)10-13/h1-2,4-5,13-14,19H,3,6-10H2. The Kier molecular flexibility index (Phi) is 3.12. The molecule has 20 heavy (non-hydrogen) atoms. The van der Waals surface area contributed by atoms with Crippen LogP contribution >= 0.6 is 11.3 Å². The average molecular weight is 285 g/mol. The molecule has 0 radical (unpaired) electrons. The Bertz CT molecular complexity index is 634. The van der Waals surface area contributed by atoms with E-state index >= 15 is 0 Å². The highest BCUT2D eigenvalue weighted by atomic mass is 32.1. The summed E-state index contributed by atoms with van der Waals surface area (Å²) in [5.41, 5.74) is 3.97. The lowest BCUT2D eigenvalue weighted by molar-refractivity contribution is 0.152. The van der Waals surface area contributed by atoms with E-state index in [1.807, 2.05) is 11.3 Å². The van der Waals surface area contributed by atoms with E-state index in [4.69, 9.17) is 4.98 Å². The van der Waals surface area contributed by atoms with Gasteiger partial charge in [-0.25, -0.2) is 4.98 Å². The van der Waals surface area contributed by atoms with Crippen LogP contribution in [-0.4, -0.2) is 10.1 Å². The number of nitrogens with zero attached hydrogens (tertiary/aromatic N) is 1. The van der Waals surface area contributed by atoms with Crippen LogP contribution in [0.2, 0.25) is 0 Å². The molecular weight excluding hydrogens is 266 g/mol. The Morgan fingerprint density at radius 2 is 1.95 bits per heavy atom.